The molecule has 0 aliphatic carbocycles. The van der Waals surface area contributed by atoms with Gasteiger partial charge in [-0.15, -0.1) is 0 Å². The summed E-state index contributed by atoms with van der Waals surface area (Å²) in [6.45, 7) is 3.29. The van der Waals surface area contributed by atoms with Crippen LogP contribution in [0.3, 0.4) is 0 Å². The molecule has 0 atom stereocenters. The van der Waals surface area contributed by atoms with Crippen molar-refractivity contribution >= 4 is 33.5 Å². The molecule has 5 rings (SSSR count). The van der Waals surface area contributed by atoms with E-state index in [9.17, 15) is 9.59 Å². The minimum Gasteiger partial charge on any atom is -0.457 e. The fourth-order valence-corrected chi connectivity index (χ4v) is 3.82. The average Bonchev–Trinajstić information content (AvgIpc) is 2.88. The van der Waals surface area contributed by atoms with Crippen molar-refractivity contribution in [2.75, 3.05) is 0 Å². The van der Waals surface area contributed by atoms with E-state index >= 15 is 0 Å². The summed E-state index contributed by atoms with van der Waals surface area (Å²) in [5.74, 6) is 1.46. The van der Waals surface area contributed by atoms with Gasteiger partial charge in [0.05, 0.1) is 6.26 Å². The monoisotopic (exact) mass is 460 g/mol. The van der Waals surface area contributed by atoms with Crippen molar-refractivity contribution in [3.63, 3.8) is 0 Å². The van der Waals surface area contributed by atoms with Crippen LogP contribution in [-0.4, -0.2) is 11.9 Å². The standard InChI is InChI=1S/C30H20O5/c1-2-33-30(32)35-27-14-9-21(10-15-27)29(31)20-7-12-26(13-8-20)34-28-16-11-24-17-22-5-3-4-6-23(22)18-25(24)19-28/h2-19H,1H2. The van der Waals surface area contributed by atoms with Crippen LogP contribution in [0.1, 0.15) is 15.9 Å². The number of benzene rings is 5. The van der Waals surface area contributed by atoms with Crippen molar-refractivity contribution in [3.8, 4) is 17.2 Å². The van der Waals surface area contributed by atoms with Crippen LogP contribution >= 0.6 is 0 Å². The summed E-state index contributed by atoms with van der Waals surface area (Å²) in [5.41, 5.74) is 0.979. The highest BCUT2D eigenvalue weighted by molar-refractivity contribution is 6.09. The number of carbonyl (C=O) groups is 2. The van der Waals surface area contributed by atoms with Crippen LogP contribution in [0.4, 0.5) is 4.79 Å². The van der Waals surface area contributed by atoms with E-state index in [1.54, 1.807) is 36.4 Å². The molecule has 0 unspecified atom stereocenters. The Morgan fingerprint density at radius 2 is 1.14 bits per heavy atom. The van der Waals surface area contributed by atoms with Gasteiger partial charge in [0.1, 0.15) is 17.2 Å². The van der Waals surface area contributed by atoms with Crippen LogP contribution in [0.5, 0.6) is 17.2 Å². The van der Waals surface area contributed by atoms with Gasteiger partial charge in [-0.1, -0.05) is 36.9 Å². The minimum absolute atomic E-state index is 0.158. The van der Waals surface area contributed by atoms with Crippen LogP contribution in [0.25, 0.3) is 21.5 Å². The van der Waals surface area contributed by atoms with Crippen molar-refractivity contribution in [3.05, 3.63) is 127 Å². The molecule has 0 radical (unpaired) electrons. The Kier molecular flexibility index (Phi) is 5.97. The Labute approximate surface area is 201 Å². The van der Waals surface area contributed by atoms with Gasteiger partial charge in [-0.2, -0.15) is 0 Å². The molecule has 0 saturated carbocycles. The van der Waals surface area contributed by atoms with Crippen LogP contribution in [0.15, 0.2) is 116 Å². The third-order valence-corrected chi connectivity index (χ3v) is 5.53. The van der Waals surface area contributed by atoms with Crippen LogP contribution in [-0.2, 0) is 4.74 Å². The van der Waals surface area contributed by atoms with E-state index in [0.29, 0.717) is 16.9 Å². The summed E-state index contributed by atoms with van der Waals surface area (Å²) in [7, 11) is 0. The van der Waals surface area contributed by atoms with Gasteiger partial charge in [0, 0.05) is 11.1 Å². The summed E-state index contributed by atoms with van der Waals surface area (Å²) in [6, 6.07) is 31.8. The van der Waals surface area contributed by atoms with Gasteiger partial charge in [-0.3, -0.25) is 4.79 Å². The number of rotatable bonds is 6. The first kappa shape index (κ1) is 21.9. The zero-order valence-electron chi connectivity index (χ0n) is 18.6. The zero-order valence-corrected chi connectivity index (χ0v) is 18.6. The van der Waals surface area contributed by atoms with E-state index in [2.05, 4.69) is 35.6 Å². The fraction of sp³-hybridized carbons (Fsp3) is 0. The predicted molar refractivity (Wildman–Crippen MR) is 135 cm³/mol. The highest BCUT2D eigenvalue weighted by Crippen LogP contribution is 2.29. The molecule has 0 bridgehead atoms. The Bertz CT molecular complexity index is 1550. The number of ether oxygens (including phenoxy) is 3. The highest BCUT2D eigenvalue weighted by atomic mass is 16.7. The summed E-state index contributed by atoms with van der Waals surface area (Å²) in [5, 5.41) is 4.62. The lowest BCUT2D eigenvalue weighted by Crippen LogP contribution is -2.07. The third kappa shape index (κ3) is 4.89. The third-order valence-electron chi connectivity index (χ3n) is 5.53. The Hall–Kier alpha value is -4.90. The molecule has 35 heavy (non-hydrogen) atoms. The van der Waals surface area contributed by atoms with Gasteiger partial charge in [-0.25, -0.2) is 4.79 Å². The maximum absolute atomic E-state index is 12.8. The fourth-order valence-electron chi connectivity index (χ4n) is 3.82. The van der Waals surface area contributed by atoms with E-state index < -0.39 is 6.16 Å². The quantitative estimate of drug-likeness (QED) is 0.0855. The maximum Gasteiger partial charge on any atom is 0.518 e. The Morgan fingerprint density at radius 3 is 1.77 bits per heavy atom. The van der Waals surface area contributed by atoms with Gasteiger partial charge < -0.3 is 14.2 Å². The second-order valence-corrected chi connectivity index (χ2v) is 7.82. The first-order chi connectivity index (χ1) is 17.1. The summed E-state index contributed by atoms with van der Waals surface area (Å²) in [4.78, 5) is 24.2. The number of carbonyl (C=O) groups excluding carboxylic acids is 2. The lowest BCUT2D eigenvalue weighted by Gasteiger charge is -2.09. The number of ketones is 1. The highest BCUT2D eigenvalue weighted by Gasteiger charge is 2.11. The Morgan fingerprint density at radius 1 is 0.600 bits per heavy atom. The van der Waals surface area contributed by atoms with E-state index in [4.69, 9.17) is 9.47 Å². The molecule has 170 valence electrons. The predicted octanol–water partition coefficient (Wildman–Crippen LogP) is 7.68. The molecule has 5 nitrogen and oxygen atoms in total. The smallest absolute Gasteiger partial charge is 0.457 e. The van der Waals surface area contributed by atoms with Crippen molar-refractivity contribution in [1.82, 2.24) is 0 Å². The number of hydrogen-bond acceptors (Lipinski definition) is 5. The largest absolute Gasteiger partial charge is 0.518 e. The Balaban J connectivity index is 1.29. The molecular formula is C30H20O5. The van der Waals surface area contributed by atoms with Gasteiger partial charge in [0.15, 0.2) is 5.78 Å². The average molecular weight is 460 g/mol. The topological polar surface area (TPSA) is 61.8 Å². The normalized spacial score (nSPS) is 10.6. The van der Waals surface area contributed by atoms with Crippen LogP contribution < -0.4 is 9.47 Å². The molecule has 0 aliphatic heterocycles. The van der Waals surface area contributed by atoms with Gasteiger partial charge in [0.2, 0.25) is 0 Å². The van der Waals surface area contributed by atoms with Gasteiger partial charge in [-0.05, 0) is 94.3 Å². The van der Waals surface area contributed by atoms with E-state index in [0.717, 1.165) is 22.8 Å². The van der Waals surface area contributed by atoms with E-state index in [1.165, 1.54) is 22.9 Å². The lowest BCUT2D eigenvalue weighted by atomic mass is 10.0. The van der Waals surface area contributed by atoms with Crippen molar-refractivity contribution < 1.29 is 23.8 Å². The van der Waals surface area contributed by atoms with Crippen molar-refractivity contribution in [1.29, 1.82) is 0 Å². The molecule has 0 spiro atoms. The van der Waals surface area contributed by atoms with Gasteiger partial charge >= 0.3 is 6.16 Å². The summed E-state index contributed by atoms with van der Waals surface area (Å²) in [6.07, 6.45) is 0.0875. The molecule has 5 aromatic carbocycles. The molecule has 0 aromatic heterocycles. The van der Waals surface area contributed by atoms with E-state index in [1.807, 2.05) is 30.3 Å². The molecule has 0 saturated heterocycles. The van der Waals surface area contributed by atoms with Gasteiger partial charge in [0.25, 0.3) is 0 Å². The molecule has 5 heteroatoms. The molecular weight excluding hydrogens is 440 g/mol. The second kappa shape index (κ2) is 9.53. The van der Waals surface area contributed by atoms with Crippen LogP contribution in [0.2, 0.25) is 0 Å². The number of fused-ring (bicyclic) bond motifs is 2. The molecule has 5 aromatic rings. The molecule has 0 aliphatic rings. The molecule has 0 amide bonds. The minimum atomic E-state index is -0.894. The molecule has 0 N–H and O–H groups in total. The second-order valence-electron chi connectivity index (χ2n) is 7.82. The zero-order chi connectivity index (χ0) is 24.2. The summed E-state index contributed by atoms with van der Waals surface area (Å²) >= 11 is 0. The number of hydrogen-bond donors (Lipinski definition) is 0. The first-order valence-electron chi connectivity index (χ1n) is 10.9. The van der Waals surface area contributed by atoms with E-state index in [-0.39, 0.29) is 11.5 Å². The van der Waals surface area contributed by atoms with Crippen molar-refractivity contribution in [2.45, 2.75) is 0 Å². The SMILES string of the molecule is C=COC(=O)Oc1ccc(C(=O)c2ccc(Oc3ccc4cc5ccccc5cc4c3)cc2)cc1. The lowest BCUT2D eigenvalue weighted by molar-refractivity contribution is 0.103. The molecule has 0 fully saturated rings. The van der Waals surface area contributed by atoms with Crippen LogP contribution in [0, 0.1) is 0 Å². The molecule has 0 heterocycles. The first-order valence-corrected chi connectivity index (χ1v) is 10.9. The summed E-state index contributed by atoms with van der Waals surface area (Å²) < 4.78 is 15.5. The van der Waals surface area contributed by atoms with Crippen molar-refractivity contribution in [2.24, 2.45) is 0 Å². The maximum atomic E-state index is 12.8.